The number of nitrogens with zero attached hydrogens (tertiary/aromatic N) is 3. The number of H-pyrrole nitrogens is 1. The third-order valence-corrected chi connectivity index (χ3v) is 7.58. The fraction of sp³-hybridized carbons (Fsp3) is 0.188. The van der Waals surface area contributed by atoms with Crippen LogP contribution in [0.3, 0.4) is 0 Å². The number of carbonyl (C=O) groups is 2. The van der Waals surface area contributed by atoms with Crippen molar-refractivity contribution < 1.29 is 24.5 Å². The van der Waals surface area contributed by atoms with Gasteiger partial charge >= 0.3 is 6.09 Å². The Hall–Kier alpha value is -5.06. The van der Waals surface area contributed by atoms with E-state index >= 15 is 0 Å². The van der Waals surface area contributed by atoms with Crippen molar-refractivity contribution in [2.75, 3.05) is 25.1 Å². The monoisotopic (exact) mass is 563 g/mol. The van der Waals surface area contributed by atoms with Gasteiger partial charge in [-0.3, -0.25) is 9.69 Å². The smallest absolute Gasteiger partial charge is 0.410 e. The lowest BCUT2D eigenvalue weighted by molar-refractivity contribution is 0.0429. The number of hydrogen-bond donors (Lipinski definition) is 4. The second kappa shape index (κ2) is 11.8. The molecule has 0 fully saturated rings. The summed E-state index contributed by atoms with van der Waals surface area (Å²) < 4.78 is 5.84. The second-order valence-corrected chi connectivity index (χ2v) is 10.0. The predicted molar refractivity (Wildman–Crippen MR) is 157 cm³/mol. The van der Waals surface area contributed by atoms with Crippen LogP contribution in [0.1, 0.15) is 33.0 Å². The van der Waals surface area contributed by atoms with Crippen molar-refractivity contribution in [2.45, 2.75) is 18.5 Å². The first-order chi connectivity index (χ1) is 20.6. The molecule has 0 bridgehead atoms. The summed E-state index contributed by atoms with van der Waals surface area (Å²) in [7, 11) is 0. The average Bonchev–Trinajstić information content (AvgIpc) is 3.60. The minimum atomic E-state index is -0.898. The molecule has 6 rings (SSSR count). The first-order valence-corrected chi connectivity index (χ1v) is 13.6. The number of anilines is 1. The van der Waals surface area contributed by atoms with Crippen LogP contribution < -0.4 is 5.32 Å². The number of aliphatic hydroxyl groups excluding tert-OH is 2. The lowest BCUT2D eigenvalue weighted by atomic mass is 9.98. The number of ether oxygens (including phenoxy) is 1. The summed E-state index contributed by atoms with van der Waals surface area (Å²) in [6.45, 7) is -0.836. The topological polar surface area (TPSA) is 141 Å². The maximum absolute atomic E-state index is 13.5. The maximum Gasteiger partial charge on any atom is 0.410 e. The number of amides is 2. The second-order valence-electron chi connectivity index (χ2n) is 10.0. The van der Waals surface area contributed by atoms with Gasteiger partial charge in [0.05, 0.1) is 31.3 Å². The number of aliphatic hydroxyl groups is 2. The van der Waals surface area contributed by atoms with Crippen LogP contribution in [-0.4, -0.2) is 67.9 Å². The van der Waals surface area contributed by atoms with Crippen molar-refractivity contribution in [2.24, 2.45) is 0 Å². The number of aromatic amines is 1. The Labute approximate surface area is 241 Å². The molecule has 2 heterocycles. The van der Waals surface area contributed by atoms with Gasteiger partial charge in [0, 0.05) is 23.2 Å². The van der Waals surface area contributed by atoms with E-state index in [1.165, 1.54) is 11.2 Å². The summed E-state index contributed by atoms with van der Waals surface area (Å²) in [5.74, 6) is -0.178. The molecule has 1 aliphatic carbocycles. The zero-order chi connectivity index (χ0) is 29.1. The average molecular weight is 564 g/mol. The molecule has 2 amide bonds. The maximum atomic E-state index is 13.5. The number of fused-ring (bicyclic) bond motifs is 4. The van der Waals surface area contributed by atoms with Gasteiger partial charge in [0.15, 0.2) is 5.82 Å². The van der Waals surface area contributed by atoms with Crippen molar-refractivity contribution in [3.05, 3.63) is 114 Å². The van der Waals surface area contributed by atoms with Crippen molar-refractivity contribution in [1.29, 1.82) is 0 Å². The van der Waals surface area contributed by atoms with Crippen LogP contribution in [0.15, 0.2) is 91.4 Å². The van der Waals surface area contributed by atoms with Crippen LogP contribution in [0.2, 0.25) is 0 Å². The normalized spacial score (nSPS) is 12.3. The molecule has 0 saturated carbocycles. The lowest BCUT2D eigenvalue weighted by Gasteiger charge is -2.29. The molecule has 0 spiro atoms. The molecular formula is C32H29N5O5. The molecule has 0 aliphatic heterocycles. The quantitative estimate of drug-likeness (QED) is 0.209. The predicted octanol–water partition coefficient (Wildman–Crippen LogP) is 4.31. The number of carbonyl (C=O) groups excluding carboxylic acids is 2. The van der Waals surface area contributed by atoms with E-state index in [1.54, 1.807) is 30.5 Å². The molecule has 10 heteroatoms. The van der Waals surface area contributed by atoms with E-state index in [2.05, 4.69) is 32.4 Å². The van der Waals surface area contributed by atoms with Crippen LogP contribution in [0.4, 0.5) is 10.6 Å². The highest BCUT2D eigenvalue weighted by atomic mass is 16.6. The van der Waals surface area contributed by atoms with Gasteiger partial charge in [-0.25, -0.2) is 14.8 Å². The highest BCUT2D eigenvalue weighted by molar-refractivity contribution is 6.07. The summed E-state index contributed by atoms with van der Waals surface area (Å²) in [5, 5.41) is 22.8. The summed E-state index contributed by atoms with van der Waals surface area (Å²) in [5.41, 5.74) is 6.43. The minimum absolute atomic E-state index is 0.00839. The third kappa shape index (κ3) is 5.09. The number of aromatic nitrogens is 3. The van der Waals surface area contributed by atoms with Crippen LogP contribution >= 0.6 is 0 Å². The Morgan fingerprint density at radius 2 is 1.55 bits per heavy atom. The number of benzene rings is 3. The SMILES string of the molecule is O=C(Nc1ncnc2c(CN(C(=O)OCC3c4ccccc4-c4ccccc43)C(CO)CO)c[nH]c12)c1ccccc1. The molecule has 3 aromatic carbocycles. The van der Waals surface area contributed by atoms with Gasteiger partial charge in [-0.05, 0) is 34.4 Å². The summed E-state index contributed by atoms with van der Waals surface area (Å²) in [6.07, 6.45) is 2.31. The molecule has 0 radical (unpaired) electrons. The van der Waals surface area contributed by atoms with Crippen LogP contribution in [0.25, 0.3) is 22.2 Å². The summed E-state index contributed by atoms with van der Waals surface area (Å²) in [4.78, 5) is 39.2. The van der Waals surface area contributed by atoms with Gasteiger partial charge in [0.25, 0.3) is 5.91 Å². The van der Waals surface area contributed by atoms with E-state index < -0.39 is 25.3 Å². The molecule has 4 N–H and O–H groups in total. The first kappa shape index (κ1) is 27.1. The molecule has 0 saturated heterocycles. The molecule has 5 aromatic rings. The Balaban J connectivity index is 1.23. The Morgan fingerprint density at radius 1 is 0.905 bits per heavy atom. The van der Waals surface area contributed by atoms with Crippen LogP contribution in [-0.2, 0) is 11.3 Å². The fourth-order valence-electron chi connectivity index (χ4n) is 5.44. The van der Waals surface area contributed by atoms with E-state index in [1.807, 2.05) is 42.5 Å². The van der Waals surface area contributed by atoms with Gasteiger partial charge in [-0.15, -0.1) is 0 Å². The van der Waals surface area contributed by atoms with Gasteiger partial charge in [-0.1, -0.05) is 66.7 Å². The molecule has 0 atom stereocenters. The largest absolute Gasteiger partial charge is 0.448 e. The van der Waals surface area contributed by atoms with E-state index in [0.29, 0.717) is 22.2 Å². The Kier molecular flexibility index (Phi) is 7.63. The highest BCUT2D eigenvalue weighted by Gasteiger charge is 2.31. The summed E-state index contributed by atoms with van der Waals surface area (Å²) >= 11 is 0. The number of hydrogen-bond acceptors (Lipinski definition) is 7. The zero-order valence-corrected chi connectivity index (χ0v) is 22.6. The summed E-state index contributed by atoms with van der Waals surface area (Å²) in [6, 6.07) is 24.0. The zero-order valence-electron chi connectivity index (χ0n) is 22.6. The fourth-order valence-corrected chi connectivity index (χ4v) is 5.44. The molecule has 10 nitrogen and oxygen atoms in total. The molecule has 212 valence electrons. The van der Waals surface area contributed by atoms with Crippen LogP contribution in [0.5, 0.6) is 0 Å². The third-order valence-electron chi connectivity index (χ3n) is 7.58. The van der Waals surface area contributed by atoms with Gasteiger partial charge in [-0.2, -0.15) is 0 Å². The van der Waals surface area contributed by atoms with Crippen molar-refractivity contribution in [3.63, 3.8) is 0 Å². The number of nitrogens with one attached hydrogen (secondary N) is 2. The van der Waals surface area contributed by atoms with E-state index in [0.717, 1.165) is 22.3 Å². The van der Waals surface area contributed by atoms with E-state index in [9.17, 15) is 19.8 Å². The molecule has 42 heavy (non-hydrogen) atoms. The molecular weight excluding hydrogens is 534 g/mol. The highest BCUT2D eigenvalue weighted by Crippen LogP contribution is 2.44. The van der Waals surface area contributed by atoms with Crippen molar-refractivity contribution >= 4 is 28.9 Å². The van der Waals surface area contributed by atoms with Crippen molar-refractivity contribution in [3.8, 4) is 11.1 Å². The lowest BCUT2D eigenvalue weighted by Crippen LogP contribution is -2.44. The number of rotatable bonds is 9. The van der Waals surface area contributed by atoms with Crippen molar-refractivity contribution in [1.82, 2.24) is 19.9 Å². The van der Waals surface area contributed by atoms with Gasteiger partial charge in [0.1, 0.15) is 18.5 Å². The van der Waals surface area contributed by atoms with Crippen LogP contribution in [0, 0.1) is 0 Å². The van der Waals surface area contributed by atoms with Gasteiger partial charge in [0.2, 0.25) is 0 Å². The molecule has 2 aromatic heterocycles. The first-order valence-electron chi connectivity index (χ1n) is 13.6. The molecule has 0 unspecified atom stereocenters. The van der Waals surface area contributed by atoms with E-state index in [4.69, 9.17) is 4.74 Å². The Morgan fingerprint density at radius 3 is 2.21 bits per heavy atom. The van der Waals surface area contributed by atoms with E-state index in [-0.39, 0.29) is 30.8 Å². The Bertz CT molecular complexity index is 1690. The minimum Gasteiger partial charge on any atom is -0.448 e. The van der Waals surface area contributed by atoms with Gasteiger partial charge < -0.3 is 25.3 Å². The standard InChI is InChI=1S/C32H29N5O5/c38-16-22(17-39)37(32(41)42-18-27-25-12-6-4-10-23(25)24-11-5-7-13-26(24)27)15-21-14-33-29-28(21)34-19-35-30(29)36-31(40)20-8-2-1-3-9-20/h1-14,19,22,27,33,38-39H,15-18H2,(H,34,35,36,40). The molecule has 1 aliphatic rings.